The Morgan fingerprint density at radius 1 is 1.37 bits per heavy atom. The normalized spacial score (nSPS) is 18.5. The number of para-hydroxylation sites is 1. The van der Waals surface area contributed by atoms with E-state index in [2.05, 4.69) is 51.5 Å². The summed E-state index contributed by atoms with van der Waals surface area (Å²) in [6.45, 7) is 7.54. The molecular weight excluding hydrogens is 495 g/mol. The maximum absolute atomic E-state index is 12.0. The van der Waals surface area contributed by atoms with Gasteiger partial charge in [0.15, 0.2) is 11.8 Å². The van der Waals surface area contributed by atoms with Crippen LogP contribution in [-0.2, 0) is 11.3 Å². The van der Waals surface area contributed by atoms with Gasteiger partial charge in [0, 0.05) is 51.1 Å². The van der Waals surface area contributed by atoms with Crippen molar-refractivity contribution in [2.24, 2.45) is 4.99 Å². The number of likely N-dealkylation sites (tertiary alicyclic amines) is 1. The van der Waals surface area contributed by atoms with Gasteiger partial charge in [-0.25, -0.2) is 4.99 Å². The quantitative estimate of drug-likeness (QED) is 0.355. The van der Waals surface area contributed by atoms with Gasteiger partial charge in [-0.3, -0.25) is 4.79 Å². The van der Waals surface area contributed by atoms with E-state index in [0.29, 0.717) is 36.5 Å². The summed E-state index contributed by atoms with van der Waals surface area (Å²) in [5.41, 5.74) is 2.49. The maximum atomic E-state index is 12.0. The summed E-state index contributed by atoms with van der Waals surface area (Å²) in [5.74, 6) is 2.61. The molecule has 1 fully saturated rings. The lowest BCUT2D eigenvalue weighted by molar-refractivity contribution is -0.127. The molecule has 1 atom stereocenters. The Morgan fingerprint density at radius 2 is 2.20 bits per heavy atom. The highest BCUT2D eigenvalue weighted by Gasteiger charge is 2.32. The second-order valence-corrected chi connectivity index (χ2v) is 7.54. The molecule has 0 radical (unpaired) electrons. The minimum atomic E-state index is 0. The van der Waals surface area contributed by atoms with Crippen molar-refractivity contribution in [3.05, 3.63) is 41.5 Å². The average molecular weight is 524 g/mol. The Morgan fingerprint density at radius 3 is 2.90 bits per heavy atom. The first-order valence-electron chi connectivity index (χ1n) is 10.4. The molecule has 1 unspecified atom stereocenters. The molecule has 30 heavy (non-hydrogen) atoms. The Labute approximate surface area is 194 Å². The lowest BCUT2D eigenvalue weighted by Crippen LogP contribution is -2.41. The molecule has 4 rings (SSSR count). The summed E-state index contributed by atoms with van der Waals surface area (Å²) >= 11 is 0. The number of carbonyl (C=O) groups is 1. The van der Waals surface area contributed by atoms with E-state index >= 15 is 0 Å². The van der Waals surface area contributed by atoms with Crippen LogP contribution in [0.4, 0.5) is 5.69 Å². The predicted molar refractivity (Wildman–Crippen MR) is 126 cm³/mol. The number of amides is 1. The fourth-order valence-corrected chi connectivity index (χ4v) is 4.14. The topological polar surface area (TPSA) is 86.9 Å². The van der Waals surface area contributed by atoms with Gasteiger partial charge in [-0.05, 0) is 31.4 Å². The number of guanidine groups is 1. The number of aryl methyl sites for hydroxylation is 1. The van der Waals surface area contributed by atoms with Crippen LogP contribution in [0.25, 0.3) is 0 Å². The van der Waals surface area contributed by atoms with Crippen molar-refractivity contribution in [3.8, 4) is 0 Å². The molecule has 2 aromatic rings. The average Bonchev–Trinajstić information content (AvgIpc) is 3.42. The van der Waals surface area contributed by atoms with Crippen molar-refractivity contribution in [2.45, 2.75) is 45.6 Å². The third-order valence-electron chi connectivity index (χ3n) is 5.52. The molecule has 1 amide bonds. The number of fused-ring (bicyclic) bond motifs is 1. The molecule has 9 heteroatoms. The summed E-state index contributed by atoms with van der Waals surface area (Å²) in [6, 6.07) is 8.48. The number of hydrogen-bond donors (Lipinski definition) is 1. The number of carbonyl (C=O) groups excluding carboxylic acids is 1. The number of aliphatic imine (C=N–C) groups is 1. The first-order valence-corrected chi connectivity index (χ1v) is 10.4. The molecule has 2 aliphatic heterocycles. The molecule has 1 N–H and O–H groups in total. The monoisotopic (exact) mass is 524 g/mol. The minimum absolute atomic E-state index is 0. The summed E-state index contributed by atoms with van der Waals surface area (Å²) in [4.78, 5) is 25.2. The largest absolute Gasteiger partial charge is 0.356 e. The number of hydrogen-bond acceptors (Lipinski definition) is 5. The van der Waals surface area contributed by atoms with Crippen LogP contribution in [0.15, 0.2) is 33.8 Å². The smallest absolute Gasteiger partial charge is 0.223 e. The zero-order valence-corrected chi connectivity index (χ0v) is 19.8. The van der Waals surface area contributed by atoms with Crippen LogP contribution in [-0.4, -0.2) is 53.1 Å². The SMILES string of the molecule is CCNC(=NCc1noc(C)n1)N1CC(CCN2CCCC2=O)c2ccccc21.I. The fourth-order valence-electron chi connectivity index (χ4n) is 4.14. The second-order valence-electron chi connectivity index (χ2n) is 7.54. The number of benzene rings is 1. The molecule has 1 aromatic carbocycles. The number of aromatic nitrogens is 2. The molecule has 0 aliphatic carbocycles. The van der Waals surface area contributed by atoms with Crippen molar-refractivity contribution >= 4 is 41.5 Å². The summed E-state index contributed by atoms with van der Waals surface area (Å²) in [6.07, 6.45) is 2.64. The van der Waals surface area contributed by atoms with Crippen LogP contribution in [0.2, 0.25) is 0 Å². The van der Waals surface area contributed by atoms with Gasteiger partial charge >= 0.3 is 0 Å². The molecule has 0 spiro atoms. The molecular formula is C21H29IN6O2. The number of anilines is 1. The third kappa shape index (κ3) is 4.93. The van der Waals surface area contributed by atoms with Crippen LogP contribution >= 0.6 is 24.0 Å². The lowest BCUT2D eigenvalue weighted by atomic mass is 9.98. The number of halogens is 1. The van der Waals surface area contributed by atoms with Crippen LogP contribution in [0.3, 0.4) is 0 Å². The zero-order chi connectivity index (χ0) is 20.2. The third-order valence-corrected chi connectivity index (χ3v) is 5.52. The van der Waals surface area contributed by atoms with Gasteiger partial charge < -0.3 is 19.6 Å². The molecule has 1 aromatic heterocycles. The molecule has 0 bridgehead atoms. The fraction of sp³-hybridized carbons (Fsp3) is 0.524. The minimum Gasteiger partial charge on any atom is -0.356 e. The Kier molecular flexibility index (Phi) is 7.68. The Bertz CT molecular complexity index is 899. The number of rotatable bonds is 6. The maximum Gasteiger partial charge on any atom is 0.223 e. The highest BCUT2D eigenvalue weighted by molar-refractivity contribution is 14.0. The number of nitrogens with one attached hydrogen (secondary N) is 1. The first kappa shape index (κ1) is 22.5. The van der Waals surface area contributed by atoms with Crippen LogP contribution in [0.5, 0.6) is 0 Å². The van der Waals surface area contributed by atoms with Crippen molar-refractivity contribution in [3.63, 3.8) is 0 Å². The van der Waals surface area contributed by atoms with Crippen molar-refractivity contribution in [2.75, 3.05) is 31.1 Å². The van der Waals surface area contributed by atoms with E-state index in [0.717, 1.165) is 45.0 Å². The van der Waals surface area contributed by atoms with Crippen molar-refractivity contribution in [1.29, 1.82) is 0 Å². The summed E-state index contributed by atoms with van der Waals surface area (Å²) in [7, 11) is 0. The molecule has 3 heterocycles. The van der Waals surface area contributed by atoms with E-state index in [-0.39, 0.29) is 24.0 Å². The van der Waals surface area contributed by atoms with Crippen LogP contribution in [0, 0.1) is 6.92 Å². The standard InChI is InChI=1S/C21H28N6O2.HI/c1-3-22-21(23-13-19-24-15(2)29-25-19)27-14-16(17-7-4-5-8-18(17)27)10-12-26-11-6-9-20(26)28;/h4-5,7-8,16H,3,6,9-14H2,1-2H3,(H,22,23);1H. The first-order chi connectivity index (χ1) is 14.2. The lowest BCUT2D eigenvalue weighted by Gasteiger charge is -2.23. The zero-order valence-electron chi connectivity index (χ0n) is 17.5. The highest BCUT2D eigenvalue weighted by Crippen LogP contribution is 2.38. The van der Waals surface area contributed by atoms with Crippen molar-refractivity contribution in [1.82, 2.24) is 20.4 Å². The van der Waals surface area contributed by atoms with Gasteiger partial charge in [-0.15, -0.1) is 24.0 Å². The number of nitrogens with zero attached hydrogens (tertiary/aromatic N) is 5. The van der Waals surface area contributed by atoms with Gasteiger partial charge in [0.2, 0.25) is 11.8 Å². The van der Waals surface area contributed by atoms with Gasteiger partial charge in [0.25, 0.3) is 0 Å². The summed E-state index contributed by atoms with van der Waals surface area (Å²) in [5, 5.41) is 7.33. The van der Waals surface area contributed by atoms with E-state index in [1.165, 1.54) is 11.3 Å². The van der Waals surface area contributed by atoms with E-state index < -0.39 is 0 Å². The molecule has 0 saturated carbocycles. The molecule has 162 valence electrons. The predicted octanol–water partition coefficient (Wildman–Crippen LogP) is 3.08. The molecule has 8 nitrogen and oxygen atoms in total. The van der Waals surface area contributed by atoms with Crippen molar-refractivity contribution < 1.29 is 9.32 Å². The van der Waals surface area contributed by atoms with Gasteiger partial charge in [-0.2, -0.15) is 4.98 Å². The highest BCUT2D eigenvalue weighted by atomic mass is 127. The Hall–Kier alpha value is -2.17. The van der Waals surface area contributed by atoms with Crippen LogP contribution in [0.1, 0.15) is 49.4 Å². The van der Waals surface area contributed by atoms with E-state index in [1.54, 1.807) is 6.92 Å². The van der Waals surface area contributed by atoms with E-state index in [1.807, 2.05) is 4.90 Å². The Balaban J connectivity index is 0.00000256. The molecule has 1 saturated heterocycles. The summed E-state index contributed by atoms with van der Waals surface area (Å²) < 4.78 is 5.05. The van der Waals surface area contributed by atoms with Gasteiger partial charge in [0.1, 0.15) is 6.54 Å². The second kappa shape index (κ2) is 10.2. The molecule has 2 aliphatic rings. The van der Waals surface area contributed by atoms with Gasteiger partial charge in [-0.1, -0.05) is 23.4 Å². The van der Waals surface area contributed by atoms with Crippen LogP contribution < -0.4 is 10.2 Å². The van der Waals surface area contributed by atoms with E-state index in [9.17, 15) is 4.79 Å². The van der Waals surface area contributed by atoms with Gasteiger partial charge in [0.05, 0.1) is 0 Å². The van der Waals surface area contributed by atoms with E-state index in [4.69, 9.17) is 9.52 Å².